The summed E-state index contributed by atoms with van der Waals surface area (Å²) in [6, 6.07) is 48.2. The average molecular weight is 576 g/mol. The Morgan fingerprint density at radius 2 is 1.04 bits per heavy atom. The second-order valence-corrected chi connectivity index (χ2v) is 11.2. The molecule has 5 nitrogen and oxygen atoms in total. The molecule has 210 valence electrons. The Labute approximate surface area is 259 Å². The van der Waals surface area contributed by atoms with E-state index in [-0.39, 0.29) is 0 Å². The molecule has 0 saturated heterocycles. The van der Waals surface area contributed by atoms with Crippen molar-refractivity contribution in [1.29, 1.82) is 0 Å². The van der Waals surface area contributed by atoms with Gasteiger partial charge < -0.3 is 0 Å². The van der Waals surface area contributed by atoms with Gasteiger partial charge in [-0.25, -0.2) is 15.0 Å². The van der Waals surface area contributed by atoms with Crippen LogP contribution in [0.3, 0.4) is 0 Å². The zero-order chi connectivity index (χ0) is 29.7. The summed E-state index contributed by atoms with van der Waals surface area (Å²) in [4.78, 5) is 19.8. The van der Waals surface area contributed by atoms with Crippen LogP contribution in [-0.2, 0) is 0 Å². The second kappa shape index (κ2) is 10.2. The van der Waals surface area contributed by atoms with E-state index in [4.69, 9.17) is 15.0 Å². The molecule has 0 amide bonds. The van der Waals surface area contributed by atoms with E-state index < -0.39 is 0 Å². The molecular weight excluding hydrogens is 550 g/mol. The summed E-state index contributed by atoms with van der Waals surface area (Å²) in [5.74, 6) is 0. The highest BCUT2D eigenvalue weighted by Gasteiger charge is 2.17. The first-order valence-electron chi connectivity index (χ1n) is 15.0. The molecule has 5 heteroatoms. The Kier molecular flexibility index (Phi) is 5.74. The van der Waals surface area contributed by atoms with Gasteiger partial charge in [-0.3, -0.25) is 9.38 Å². The third kappa shape index (κ3) is 4.33. The summed E-state index contributed by atoms with van der Waals surface area (Å²) in [5, 5.41) is 4.45. The highest BCUT2D eigenvalue weighted by molar-refractivity contribution is 6.04. The molecule has 0 fully saturated rings. The summed E-state index contributed by atoms with van der Waals surface area (Å²) in [5.41, 5.74) is 10.6. The van der Waals surface area contributed by atoms with E-state index in [0.717, 1.165) is 83.4 Å². The Morgan fingerprint density at radius 1 is 0.422 bits per heavy atom. The Hall–Kier alpha value is -6.20. The highest BCUT2D eigenvalue weighted by Crippen LogP contribution is 2.35. The number of hydrogen-bond acceptors (Lipinski definition) is 4. The molecular formula is C40H25N5. The van der Waals surface area contributed by atoms with Crippen molar-refractivity contribution in [3.63, 3.8) is 0 Å². The van der Waals surface area contributed by atoms with Crippen LogP contribution in [0.2, 0.25) is 0 Å². The van der Waals surface area contributed by atoms with Crippen LogP contribution in [0.1, 0.15) is 0 Å². The van der Waals surface area contributed by atoms with Gasteiger partial charge in [0.1, 0.15) is 11.3 Å². The fraction of sp³-hybridized carbons (Fsp3) is 0. The first-order chi connectivity index (χ1) is 22.3. The maximum atomic E-state index is 5.17. The lowest BCUT2D eigenvalue weighted by Gasteiger charge is -2.10. The van der Waals surface area contributed by atoms with Crippen LogP contribution in [0, 0.1) is 0 Å². The maximum absolute atomic E-state index is 5.17. The normalized spacial score (nSPS) is 11.6. The molecule has 0 atom stereocenters. The topological polar surface area (TPSA) is 56.0 Å². The van der Waals surface area contributed by atoms with E-state index in [1.54, 1.807) is 0 Å². The van der Waals surface area contributed by atoms with Crippen LogP contribution in [0.4, 0.5) is 0 Å². The largest absolute Gasteiger partial charge is 0.299 e. The van der Waals surface area contributed by atoms with Gasteiger partial charge in [0.15, 0.2) is 0 Å². The minimum Gasteiger partial charge on any atom is -0.299 e. The fourth-order valence-electron chi connectivity index (χ4n) is 6.20. The molecule has 0 aliphatic heterocycles. The van der Waals surface area contributed by atoms with Gasteiger partial charge in [-0.1, -0.05) is 91.0 Å². The molecule has 0 aliphatic rings. The van der Waals surface area contributed by atoms with Crippen molar-refractivity contribution < 1.29 is 0 Å². The number of imidazole rings is 1. The van der Waals surface area contributed by atoms with Gasteiger partial charge in [0.05, 0.1) is 33.8 Å². The molecule has 0 bridgehead atoms. The summed E-state index contributed by atoms with van der Waals surface area (Å²) < 4.78 is 2.14. The quantitative estimate of drug-likeness (QED) is 0.196. The van der Waals surface area contributed by atoms with Gasteiger partial charge in [0.25, 0.3) is 0 Å². The first kappa shape index (κ1) is 25.3. The number of pyridine rings is 4. The van der Waals surface area contributed by atoms with E-state index in [1.165, 1.54) is 0 Å². The Balaban J connectivity index is 1.15. The van der Waals surface area contributed by atoms with Crippen molar-refractivity contribution in [1.82, 2.24) is 24.3 Å². The van der Waals surface area contributed by atoms with E-state index in [2.05, 4.69) is 101 Å². The molecule has 0 N–H and O–H groups in total. The number of benzene rings is 4. The van der Waals surface area contributed by atoms with Crippen molar-refractivity contribution in [2.45, 2.75) is 0 Å². The molecule has 0 unspecified atom stereocenters. The molecule has 0 saturated carbocycles. The monoisotopic (exact) mass is 575 g/mol. The van der Waals surface area contributed by atoms with Crippen molar-refractivity contribution in [3.8, 4) is 45.2 Å². The van der Waals surface area contributed by atoms with Crippen LogP contribution in [0.5, 0.6) is 0 Å². The van der Waals surface area contributed by atoms with Crippen molar-refractivity contribution in [2.24, 2.45) is 0 Å². The van der Waals surface area contributed by atoms with Crippen LogP contribution < -0.4 is 0 Å². The van der Waals surface area contributed by atoms with Crippen LogP contribution in [-0.4, -0.2) is 24.3 Å². The van der Waals surface area contributed by atoms with E-state index in [0.29, 0.717) is 0 Å². The number of rotatable bonds is 4. The first-order valence-corrected chi connectivity index (χ1v) is 15.0. The molecule has 5 heterocycles. The summed E-state index contributed by atoms with van der Waals surface area (Å²) >= 11 is 0. The number of fused-ring (bicyclic) bond motifs is 5. The Morgan fingerprint density at radius 3 is 1.78 bits per heavy atom. The van der Waals surface area contributed by atoms with E-state index in [9.17, 15) is 0 Å². The predicted molar refractivity (Wildman–Crippen MR) is 183 cm³/mol. The minimum atomic E-state index is 0.854. The molecule has 45 heavy (non-hydrogen) atoms. The van der Waals surface area contributed by atoms with E-state index in [1.807, 2.05) is 60.8 Å². The Bertz CT molecular complexity index is 2540. The minimum absolute atomic E-state index is 0.854. The lowest BCUT2D eigenvalue weighted by atomic mass is 9.99. The molecule has 0 aliphatic carbocycles. The van der Waals surface area contributed by atoms with Gasteiger partial charge in [-0.05, 0) is 59.3 Å². The third-order valence-electron chi connectivity index (χ3n) is 8.44. The molecule has 4 aromatic carbocycles. The molecule has 5 aromatic heterocycles. The molecule has 9 rings (SSSR count). The summed E-state index contributed by atoms with van der Waals surface area (Å²) in [6.45, 7) is 0. The molecule has 9 aromatic rings. The second-order valence-electron chi connectivity index (χ2n) is 11.2. The fourth-order valence-corrected chi connectivity index (χ4v) is 6.20. The zero-order valence-electron chi connectivity index (χ0n) is 24.2. The molecule has 0 spiro atoms. The number of aromatic nitrogens is 5. The highest BCUT2D eigenvalue weighted by atomic mass is 15.0. The number of hydrogen-bond donors (Lipinski definition) is 0. The summed E-state index contributed by atoms with van der Waals surface area (Å²) in [7, 11) is 0. The van der Waals surface area contributed by atoms with Gasteiger partial charge >= 0.3 is 0 Å². The van der Waals surface area contributed by atoms with Crippen LogP contribution in [0.25, 0.3) is 83.4 Å². The SMILES string of the molecule is c1ccc(-c2ccc3ccc4ccc(-c5ccc6cc(-c7c(-c8ccccn8)nc8ccccn78)ccc6c5)nc4c3n2)cc1. The summed E-state index contributed by atoms with van der Waals surface area (Å²) in [6.07, 6.45) is 3.87. The van der Waals surface area contributed by atoms with Crippen LogP contribution in [0.15, 0.2) is 152 Å². The van der Waals surface area contributed by atoms with Gasteiger partial charge in [-0.15, -0.1) is 0 Å². The third-order valence-corrected chi connectivity index (χ3v) is 8.44. The smallest absolute Gasteiger partial charge is 0.138 e. The van der Waals surface area contributed by atoms with Crippen molar-refractivity contribution >= 4 is 38.2 Å². The lowest BCUT2D eigenvalue weighted by Crippen LogP contribution is -1.92. The van der Waals surface area contributed by atoms with Crippen molar-refractivity contribution in [3.05, 3.63) is 152 Å². The molecule has 0 radical (unpaired) electrons. The zero-order valence-corrected chi connectivity index (χ0v) is 24.2. The van der Waals surface area contributed by atoms with Gasteiger partial charge in [0, 0.05) is 39.9 Å². The standard InChI is InChI=1S/C40H25N5/c1-2-8-26(9-3-1)33-20-18-27-12-13-28-19-21-34(43-38(28)37(27)42-33)31-16-14-30-25-32(17-15-29(30)24-31)40-39(35-10-4-6-22-41-35)44-36-11-5-7-23-45(36)40/h1-25H. The predicted octanol–water partition coefficient (Wildman–Crippen LogP) is 9.65. The van der Waals surface area contributed by atoms with Crippen molar-refractivity contribution in [2.75, 3.05) is 0 Å². The number of nitrogens with zero attached hydrogens (tertiary/aromatic N) is 5. The van der Waals surface area contributed by atoms with Gasteiger partial charge in [-0.2, -0.15) is 0 Å². The van der Waals surface area contributed by atoms with Crippen LogP contribution >= 0.6 is 0 Å². The lowest BCUT2D eigenvalue weighted by molar-refractivity contribution is 1.19. The van der Waals surface area contributed by atoms with Gasteiger partial charge in [0.2, 0.25) is 0 Å². The average Bonchev–Trinajstić information content (AvgIpc) is 3.51. The van der Waals surface area contributed by atoms with E-state index >= 15 is 0 Å². The maximum Gasteiger partial charge on any atom is 0.138 e.